The summed E-state index contributed by atoms with van der Waals surface area (Å²) in [6, 6.07) is 0. The van der Waals surface area contributed by atoms with Crippen LogP contribution in [0.5, 0.6) is 0 Å². The van der Waals surface area contributed by atoms with Crippen LogP contribution in [0.2, 0.25) is 0 Å². The third-order valence-corrected chi connectivity index (χ3v) is 4.86. The van der Waals surface area contributed by atoms with Crippen molar-refractivity contribution in [2.24, 2.45) is 5.92 Å². The highest BCUT2D eigenvalue weighted by Crippen LogP contribution is 2.10. The summed E-state index contributed by atoms with van der Waals surface area (Å²) in [4.78, 5) is 0. The van der Waals surface area contributed by atoms with E-state index >= 15 is 0 Å². The molecule has 0 fully saturated rings. The third kappa shape index (κ3) is 23.8. The van der Waals surface area contributed by atoms with Gasteiger partial charge in [0.2, 0.25) is 0 Å². The summed E-state index contributed by atoms with van der Waals surface area (Å²) in [5.41, 5.74) is 0. The summed E-state index contributed by atoms with van der Waals surface area (Å²) in [5, 5.41) is 0. The lowest BCUT2D eigenvalue weighted by Gasteiger charge is -2.10. The quantitative estimate of drug-likeness (QED) is 0.201. The van der Waals surface area contributed by atoms with Gasteiger partial charge in [-0.15, -0.1) is 0 Å². The Kier molecular flexibility index (Phi) is 23.7. The maximum Gasteiger partial charge on any atom is 0.0701 e. The van der Waals surface area contributed by atoms with Gasteiger partial charge in [-0.25, -0.2) is 0 Å². The minimum absolute atomic E-state index is 0.630. The van der Waals surface area contributed by atoms with Crippen molar-refractivity contribution < 1.29 is 18.9 Å². The van der Waals surface area contributed by atoms with E-state index in [0.717, 1.165) is 19.6 Å². The fraction of sp³-hybridized carbons (Fsp3) is 1.00. The molecule has 0 heterocycles. The van der Waals surface area contributed by atoms with Gasteiger partial charge in [0.1, 0.15) is 0 Å². The van der Waals surface area contributed by atoms with Gasteiger partial charge < -0.3 is 18.9 Å². The van der Waals surface area contributed by atoms with Gasteiger partial charge in [0.15, 0.2) is 0 Å². The molecular formula is C23H48O4. The molecule has 0 saturated heterocycles. The van der Waals surface area contributed by atoms with E-state index in [9.17, 15) is 0 Å². The molecule has 0 saturated carbocycles. The minimum Gasteiger partial charge on any atom is -0.379 e. The van der Waals surface area contributed by atoms with Crippen LogP contribution in [-0.2, 0) is 18.9 Å². The zero-order valence-electron chi connectivity index (χ0n) is 18.6. The molecule has 0 bridgehead atoms. The number of hydrogen-bond acceptors (Lipinski definition) is 4. The first-order valence-electron chi connectivity index (χ1n) is 11.6. The molecule has 4 heteroatoms. The second-order valence-electron chi connectivity index (χ2n) is 7.61. The topological polar surface area (TPSA) is 36.9 Å². The molecule has 0 radical (unpaired) electrons. The van der Waals surface area contributed by atoms with E-state index < -0.39 is 0 Å². The Morgan fingerprint density at radius 3 is 1.37 bits per heavy atom. The number of unbranched alkanes of at least 4 members (excludes halogenated alkanes) is 9. The predicted octanol–water partition coefficient (Wildman–Crippen LogP) is 6.02. The van der Waals surface area contributed by atoms with Gasteiger partial charge in [-0.3, -0.25) is 0 Å². The van der Waals surface area contributed by atoms with Gasteiger partial charge in [0.05, 0.1) is 39.6 Å². The molecule has 1 unspecified atom stereocenters. The fourth-order valence-electron chi connectivity index (χ4n) is 2.75. The second-order valence-corrected chi connectivity index (χ2v) is 7.61. The van der Waals surface area contributed by atoms with Gasteiger partial charge in [-0.2, -0.15) is 0 Å². The van der Waals surface area contributed by atoms with E-state index in [0.29, 0.717) is 45.6 Å². The van der Waals surface area contributed by atoms with E-state index in [1.54, 1.807) is 0 Å². The number of ether oxygens (including phenoxy) is 4. The van der Waals surface area contributed by atoms with E-state index in [-0.39, 0.29) is 0 Å². The zero-order chi connectivity index (χ0) is 19.8. The number of rotatable bonds is 23. The van der Waals surface area contributed by atoms with Crippen LogP contribution in [-0.4, -0.2) is 52.9 Å². The molecule has 0 aliphatic rings. The lowest BCUT2D eigenvalue weighted by molar-refractivity contribution is -0.00563. The summed E-state index contributed by atoms with van der Waals surface area (Å²) >= 11 is 0. The highest BCUT2D eigenvalue weighted by atomic mass is 16.6. The first-order chi connectivity index (χ1) is 13.3. The molecule has 1 atom stereocenters. The highest BCUT2D eigenvalue weighted by molar-refractivity contribution is 4.48. The van der Waals surface area contributed by atoms with Gasteiger partial charge >= 0.3 is 0 Å². The van der Waals surface area contributed by atoms with Gasteiger partial charge in [-0.1, -0.05) is 85.0 Å². The average Bonchev–Trinajstić information content (AvgIpc) is 2.68. The summed E-state index contributed by atoms with van der Waals surface area (Å²) in [5.74, 6) is 0.633. The van der Waals surface area contributed by atoms with Crippen LogP contribution in [0.25, 0.3) is 0 Å². The number of hydrogen-bond donors (Lipinski definition) is 0. The highest BCUT2D eigenvalue weighted by Gasteiger charge is 1.98. The summed E-state index contributed by atoms with van der Waals surface area (Å²) in [7, 11) is 0. The summed E-state index contributed by atoms with van der Waals surface area (Å²) in [6.45, 7) is 12.3. The van der Waals surface area contributed by atoms with Crippen LogP contribution < -0.4 is 0 Å². The van der Waals surface area contributed by atoms with Crippen LogP contribution in [0, 0.1) is 5.92 Å². The van der Waals surface area contributed by atoms with E-state index in [4.69, 9.17) is 18.9 Å². The van der Waals surface area contributed by atoms with Crippen LogP contribution in [0.15, 0.2) is 0 Å². The van der Waals surface area contributed by atoms with Crippen molar-refractivity contribution in [2.75, 3.05) is 52.9 Å². The van der Waals surface area contributed by atoms with Crippen LogP contribution in [0.4, 0.5) is 0 Å². The second kappa shape index (κ2) is 23.9. The normalized spacial score (nSPS) is 12.6. The molecule has 0 aliphatic carbocycles. The molecule has 0 N–H and O–H groups in total. The SMILES string of the molecule is CCCCCCCCCCCCOCCOCCOCCOCC(C)CC. The van der Waals surface area contributed by atoms with Crippen molar-refractivity contribution in [1.82, 2.24) is 0 Å². The standard InChI is InChI=1S/C23H48O4/c1-4-6-7-8-9-10-11-12-13-14-15-24-16-17-25-18-19-26-20-21-27-22-23(3)5-2/h23H,4-22H2,1-3H3. The Labute approximate surface area is 169 Å². The zero-order valence-corrected chi connectivity index (χ0v) is 18.6. The first kappa shape index (κ1) is 26.8. The third-order valence-electron chi connectivity index (χ3n) is 4.86. The van der Waals surface area contributed by atoms with E-state index in [1.807, 2.05) is 0 Å². The Morgan fingerprint density at radius 2 is 0.889 bits per heavy atom. The lowest BCUT2D eigenvalue weighted by atomic mass is 10.1. The molecular weight excluding hydrogens is 340 g/mol. The molecule has 0 aliphatic heterocycles. The maximum atomic E-state index is 5.61. The Hall–Kier alpha value is -0.160. The Balaban J connectivity index is 2.99. The van der Waals surface area contributed by atoms with Crippen LogP contribution in [0.1, 0.15) is 91.4 Å². The molecule has 27 heavy (non-hydrogen) atoms. The van der Waals surface area contributed by atoms with Gasteiger partial charge in [0.25, 0.3) is 0 Å². The van der Waals surface area contributed by atoms with Gasteiger partial charge in [-0.05, 0) is 12.3 Å². The molecule has 0 rings (SSSR count). The van der Waals surface area contributed by atoms with Crippen molar-refractivity contribution in [2.45, 2.75) is 91.4 Å². The van der Waals surface area contributed by atoms with Crippen molar-refractivity contribution >= 4 is 0 Å². The average molecular weight is 389 g/mol. The van der Waals surface area contributed by atoms with E-state index in [2.05, 4.69) is 20.8 Å². The lowest BCUT2D eigenvalue weighted by Crippen LogP contribution is -2.13. The molecule has 0 amide bonds. The predicted molar refractivity (Wildman–Crippen MR) is 115 cm³/mol. The fourth-order valence-corrected chi connectivity index (χ4v) is 2.75. The first-order valence-corrected chi connectivity index (χ1v) is 11.6. The van der Waals surface area contributed by atoms with Crippen molar-refractivity contribution in [1.29, 1.82) is 0 Å². The molecule has 0 spiro atoms. The van der Waals surface area contributed by atoms with Crippen molar-refractivity contribution in [3.63, 3.8) is 0 Å². The van der Waals surface area contributed by atoms with Crippen LogP contribution >= 0.6 is 0 Å². The molecule has 4 nitrogen and oxygen atoms in total. The maximum absolute atomic E-state index is 5.61. The van der Waals surface area contributed by atoms with Crippen molar-refractivity contribution in [3.8, 4) is 0 Å². The molecule has 0 aromatic heterocycles. The Bertz CT molecular complexity index is 261. The molecule has 0 aromatic carbocycles. The van der Waals surface area contributed by atoms with Gasteiger partial charge in [0, 0.05) is 13.2 Å². The largest absolute Gasteiger partial charge is 0.379 e. The van der Waals surface area contributed by atoms with Crippen molar-refractivity contribution in [3.05, 3.63) is 0 Å². The smallest absolute Gasteiger partial charge is 0.0701 e. The minimum atomic E-state index is 0.630. The van der Waals surface area contributed by atoms with E-state index in [1.165, 1.54) is 64.2 Å². The molecule has 164 valence electrons. The molecule has 0 aromatic rings. The monoisotopic (exact) mass is 388 g/mol. The van der Waals surface area contributed by atoms with Crippen LogP contribution in [0.3, 0.4) is 0 Å². The summed E-state index contributed by atoms with van der Waals surface area (Å²) < 4.78 is 22.1. The summed E-state index contributed by atoms with van der Waals surface area (Å²) in [6.07, 6.45) is 14.8. The Morgan fingerprint density at radius 1 is 0.481 bits per heavy atom.